The number of benzene rings is 3. The Bertz CT molecular complexity index is 1190. The lowest BCUT2D eigenvalue weighted by atomic mass is 9.78. The first-order valence-electron chi connectivity index (χ1n) is 11.2. The number of rotatable bonds is 6. The van der Waals surface area contributed by atoms with Gasteiger partial charge in [-0.15, -0.1) is 0 Å². The average Bonchev–Trinajstić information content (AvgIpc) is 3.04. The first kappa shape index (κ1) is 24.1. The number of nitrogens with one attached hydrogen (secondary N) is 1. The quantitative estimate of drug-likeness (QED) is 0.528. The molecule has 0 saturated carbocycles. The van der Waals surface area contributed by atoms with E-state index in [1.807, 2.05) is 70.2 Å². The molecule has 3 aromatic carbocycles. The highest BCUT2D eigenvalue weighted by Crippen LogP contribution is 2.37. The summed E-state index contributed by atoms with van der Waals surface area (Å²) >= 11 is 0. The summed E-state index contributed by atoms with van der Waals surface area (Å²) < 4.78 is 23.2. The summed E-state index contributed by atoms with van der Waals surface area (Å²) in [5, 5.41) is 14.1. The molecule has 1 fully saturated rings. The lowest BCUT2D eigenvalue weighted by molar-refractivity contribution is 0.00578. The van der Waals surface area contributed by atoms with Gasteiger partial charge in [0.2, 0.25) is 0 Å². The number of anilines is 1. The largest absolute Gasteiger partial charge is 0.496 e. The summed E-state index contributed by atoms with van der Waals surface area (Å²) in [5.41, 5.74) is 2.08. The monoisotopic (exact) mass is 463 g/mol. The third kappa shape index (κ3) is 4.62. The van der Waals surface area contributed by atoms with Gasteiger partial charge < -0.3 is 23.9 Å². The summed E-state index contributed by atoms with van der Waals surface area (Å²) in [7, 11) is 1.06. The second-order valence-corrected chi connectivity index (χ2v) is 9.34. The zero-order valence-corrected chi connectivity index (χ0v) is 20.2. The third-order valence-electron chi connectivity index (χ3n) is 6.62. The van der Waals surface area contributed by atoms with Crippen molar-refractivity contribution in [1.29, 1.82) is 0 Å². The van der Waals surface area contributed by atoms with Gasteiger partial charge in [0.25, 0.3) is 0 Å². The maximum atomic E-state index is 12.5. The van der Waals surface area contributed by atoms with Crippen molar-refractivity contribution in [3.8, 4) is 5.75 Å². The van der Waals surface area contributed by atoms with Crippen molar-refractivity contribution in [2.45, 2.75) is 52.1 Å². The van der Waals surface area contributed by atoms with Crippen LogP contribution in [0.3, 0.4) is 0 Å². The van der Waals surface area contributed by atoms with Crippen molar-refractivity contribution < 1.29 is 28.7 Å². The maximum Gasteiger partial charge on any atom is 0.494 e. The van der Waals surface area contributed by atoms with Gasteiger partial charge in [-0.2, -0.15) is 0 Å². The molecule has 0 aliphatic carbocycles. The van der Waals surface area contributed by atoms with E-state index < -0.39 is 24.4 Å². The minimum atomic E-state index is -0.584. The van der Waals surface area contributed by atoms with E-state index in [0.717, 1.165) is 27.4 Å². The fourth-order valence-electron chi connectivity index (χ4n) is 3.90. The molecular formula is C26H30BNO6. The SMILES string of the molecule is COc1cc(B2OC(C)(C)C(C)(C)O2)ccc1COC(=O)Nc1ccc(CO)c2ccccc12. The van der Waals surface area contributed by atoms with Crippen LogP contribution < -0.4 is 15.5 Å². The molecule has 0 radical (unpaired) electrons. The Morgan fingerprint density at radius 3 is 2.26 bits per heavy atom. The van der Waals surface area contributed by atoms with Crippen LogP contribution in [0, 0.1) is 0 Å². The molecule has 0 bridgehead atoms. The van der Waals surface area contributed by atoms with Crippen LogP contribution in [-0.4, -0.2) is 36.6 Å². The molecule has 0 unspecified atom stereocenters. The number of hydrogen-bond acceptors (Lipinski definition) is 6. The molecular weight excluding hydrogens is 433 g/mol. The second kappa shape index (κ2) is 9.29. The number of fused-ring (bicyclic) bond motifs is 1. The number of carbonyl (C=O) groups excluding carboxylic acids is 1. The van der Waals surface area contributed by atoms with Crippen molar-refractivity contribution in [3.05, 3.63) is 65.7 Å². The zero-order chi connectivity index (χ0) is 24.5. The number of aliphatic hydroxyl groups is 1. The Labute approximate surface area is 200 Å². The van der Waals surface area contributed by atoms with E-state index in [4.69, 9.17) is 18.8 Å². The Hall–Kier alpha value is -3.07. The molecule has 1 aliphatic heterocycles. The van der Waals surface area contributed by atoms with E-state index in [0.29, 0.717) is 11.4 Å². The number of aliphatic hydroxyl groups excluding tert-OH is 1. The Morgan fingerprint density at radius 1 is 0.971 bits per heavy atom. The lowest BCUT2D eigenvalue weighted by Crippen LogP contribution is -2.41. The molecule has 1 saturated heterocycles. The Morgan fingerprint density at radius 2 is 1.62 bits per heavy atom. The normalized spacial score (nSPS) is 16.5. The fourth-order valence-corrected chi connectivity index (χ4v) is 3.90. The van der Waals surface area contributed by atoms with Crippen molar-refractivity contribution in [2.75, 3.05) is 12.4 Å². The van der Waals surface area contributed by atoms with Gasteiger partial charge >= 0.3 is 13.2 Å². The Kier molecular flexibility index (Phi) is 6.58. The van der Waals surface area contributed by atoms with Gasteiger partial charge in [-0.1, -0.05) is 42.5 Å². The number of methoxy groups -OCH3 is 1. The Balaban J connectivity index is 1.45. The summed E-state index contributed by atoms with van der Waals surface area (Å²) in [6, 6.07) is 16.7. The van der Waals surface area contributed by atoms with Crippen LogP contribution in [0.4, 0.5) is 10.5 Å². The molecule has 0 spiro atoms. The van der Waals surface area contributed by atoms with E-state index in [2.05, 4.69) is 5.32 Å². The smallest absolute Gasteiger partial charge is 0.494 e. The summed E-state index contributed by atoms with van der Waals surface area (Å²) in [5.74, 6) is 0.581. The highest BCUT2D eigenvalue weighted by atomic mass is 16.7. The summed E-state index contributed by atoms with van der Waals surface area (Å²) in [6.07, 6.45) is -0.584. The minimum absolute atomic E-state index is 0.0330. The van der Waals surface area contributed by atoms with Crippen LogP contribution in [0.2, 0.25) is 0 Å². The van der Waals surface area contributed by atoms with E-state index in [-0.39, 0.29) is 13.2 Å². The van der Waals surface area contributed by atoms with Crippen LogP contribution in [0.5, 0.6) is 5.75 Å². The van der Waals surface area contributed by atoms with E-state index in [9.17, 15) is 9.90 Å². The van der Waals surface area contributed by atoms with E-state index >= 15 is 0 Å². The number of carbonyl (C=O) groups is 1. The standard InChI is InChI=1S/C26H30BNO6/c1-25(2)26(3,4)34-27(33-25)19-12-10-18(23(14-19)31-5)16-32-24(30)28-22-13-11-17(15-29)20-8-6-7-9-21(20)22/h6-14,29H,15-16H2,1-5H3,(H,28,30). The highest BCUT2D eigenvalue weighted by Gasteiger charge is 2.51. The minimum Gasteiger partial charge on any atom is -0.496 e. The second-order valence-electron chi connectivity index (χ2n) is 9.34. The predicted octanol–water partition coefficient (Wildman–Crippen LogP) is 4.39. The zero-order valence-electron chi connectivity index (χ0n) is 20.2. The van der Waals surface area contributed by atoms with Crippen molar-refractivity contribution in [1.82, 2.24) is 0 Å². The fraction of sp³-hybridized carbons (Fsp3) is 0.346. The molecule has 1 heterocycles. The average molecular weight is 463 g/mol. The van der Waals surface area contributed by atoms with Crippen LogP contribution >= 0.6 is 0 Å². The molecule has 4 rings (SSSR count). The van der Waals surface area contributed by atoms with Gasteiger partial charge in [-0.3, -0.25) is 5.32 Å². The summed E-state index contributed by atoms with van der Waals surface area (Å²) in [6.45, 7) is 7.98. The molecule has 1 amide bonds. The van der Waals surface area contributed by atoms with E-state index in [1.54, 1.807) is 19.2 Å². The lowest BCUT2D eigenvalue weighted by Gasteiger charge is -2.32. The van der Waals surface area contributed by atoms with Crippen molar-refractivity contribution in [2.24, 2.45) is 0 Å². The third-order valence-corrected chi connectivity index (χ3v) is 6.62. The summed E-state index contributed by atoms with van der Waals surface area (Å²) in [4.78, 5) is 12.5. The van der Waals surface area contributed by atoms with Crippen LogP contribution in [0.25, 0.3) is 10.8 Å². The molecule has 7 nitrogen and oxygen atoms in total. The number of amides is 1. The molecule has 3 aromatic rings. The van der Waals surface area contributed by atoms with Gasteiger partial charge in [0.05, 0.1) is 30.6 Å². The van der Waals surface area contributed by atoms with Gasteiger partial charge in [-0.05, 0) is 56.2 Å². The van der Waals surface area contributed by atoms with Crippen molar-refractivity contribution in [3.63, 3.8) is 0 Å². The first-order valence-corrected chi connectivity index (χ1v) is 11.2. The van der Waals surface area contributed by atoms with Crippen LogP contribution in [-0.2, 0) is 27.3 Å². The molecule has 34 heavy (non-hydrogen) atoms. The molecule has 0 aromatic heterocycles. The molecule has 2 N–H and O–H groups in total. The van der Waals surface area contributed by atoms with E-state index in [1.165, 1.54) is 0 Å². The molecule has 178 valence electrons. The molecule has 0 atom stereocenters. The number of ether oxygens (including phenoxy) is 2. The maximum absolute atomic E-state index is 12.5. The van der Waals surface area contributed by atoms with Crippen molar-refractivity contribution >= 4 is 35.1 Å². The predicted molar refractivity (Wildman–Crippen MR) is 132 cm³/mol. The topological polar surface area (TPSA) is 86.2 Å². The van der Waals surface area contributed by atoms with Gasteiger partial charge in [-0.25, -0.2) is 4.79 Å². The van der Waals surface area contributed by atoms with Gasteiger partial charge in [0, 0.05) is 10.9 Å². The number of hydrogen-bond donors (Lipinski definition) is 2. The van der Waals surface area contributed by atoms with Gasteiger partial charge in [0.15, 0.2) is 0 Å². The van der Waals surface area contributed by atoms with Crippen LogP contribution in [0.15, 0.2) is 54.6 Å². The highest BCUT2D eigenvalue weighted by molar-refractivity contribution is 6.62. The molecule has 1 aliphatic rings. The first-order chi connectivity index (χ1) is 16.1. The van der Waals surface area contributed by atoms with Gasteiger partial charge in [0.1, 0.15) is 12.4 Å². The molecule has 8 heteroatoms. The van der Waals surface area contributed by atoms with Crippen LogP contribution in [0.1, 0.15) is 38.8 Å².